The highest BCUT2D eigenvalue weighted by Gasteiger charge is 2.12. The molecule has 0 saturated heterocycles. The van der Waals surface area contributed by atoms with E-state index in [2.05, 4.69) is 30.1 Å². The summed E-state index contributed by atoms with van der Waals surface area (Å²) in [5.41, 5.74) is 5.31. The summed E-state index contributed by atoms with van der Waals surface area (Å²) in [6.07, 6.45) is 3.03. The van der Waals surface area contributed by atoms with Crippen molar-refractivity contribution in [1.82, 2.24) is 0 Å². The lowest BCUT2D eigenvalue weighted by Crippen LogP contribution is -2.05. The van der Waals surface area contributed by atoms with Crippen LogP contribution in [-0.4, -0.2) is 15.0 Å². The molecule has 21 heavy (non-hydrogen) atoms. The summed E-state index contributed by atoms with van der Waals surface area (Å²) in [6.45, 7) is 2.17. The fourth-order valence-electron chi connectivity index (χ4n) is 2.57. The number of nitrogens with zero attached hydrogens (tertiary/aromatic N) is 1. The van der Waals surface area contributed by atoms with E-state index < -0.39 is 11.1 Å². The van der Waals surface area contributed by atoms with E-state index in [-0.39, 0.29) is 5.75 Å². The van der Waals surface area contributed by atoms with Gasteiger partial charge in [-0.15, -0.1) is 0 Å². The summed E-state index contributed by atoms with van der Waals surface area (Å²) < 4.78 is 21.4. The molecule has 4 heteroatoms. The van der Waals surface area contributed by atoms with Crippen LogP contribution >= 0.6 is 0 Å². The van der Waals surface area contributed by atoms with Crippen molar-refractivity contribution in [3.8, 4) is 11.1 Å². The zero-order valence-corrected chi connectivity index (χ0v) is 12.6. The van der Waals surface area contributed by atoms with E-state index in [0.717, 1.165) is 28.8 Å². The zero-order chi connectivity index (χ0) is 14.8. The Labute approximate surface area is 127 Å². The lowest BCUT2D eigenvalue weighted by molar-refractivity contribution is 0.536. The number of fused-ring (bicyclic) bond motifs is 1. The van der Waals surface area contributed by atoms with E-state index >= 15 is 0 Å². The van der Waals surface area contributed by atoms with Crippen LogP contribution < -0.4 is 0 Å². The Kier molecular flexibility index (Phi) is 3.99. The monoisotopic (exact) mass is 298 g/mol. The topological polar surface area (TPSA) is 52.5 Å². The Bertz CT molecular complexity index is 707. The van der Waals surface area contributed by atoms with Crippen LogP contribution in [-0.2, 0) is 23.3 Å². The Balaban J connectivity index is 1.88. The summed E-state index contributed by atoms with van der Waals surface area (Å²) in [4.78, 5) is 4.51. The summed E-state index contributed by atoms with van der Waals surface area (Å²) in [7, 11) is 0. The zero-order valence-electron chi connectivity index (χ0n) is 11.8. The fraction of sp³-hybridized carbons (Fsp3) is 0.235. The van der Waals surface area contributed by atoms with Gasteiger partial charge in [0.2, 0.25) is 0 Å². The van der Waals surface area contributed by atoms with Gasteiger partial charge in [0.25, 0.3) is 0 Å². The Morgan fingerprint density at radius 1 is 1.19 bits per heavy atom. The third-order valence-corrected chi connectivity index (χ3v) is 4.24. The van der Waals surface area contributed by atoms with E-state index in [1.54, 1.807) is 0 Å². The van der Waals surface area contributed by atoms with Crippen molar-refractivity contribution in [2.75, 3.05) is 0 Å². The fourth-order valence-corrected chi connectivity index (χ4v) is 3.04. The van der Waals surface area contributed by atoms with Gasteiger partial charge in [0.1, 0.15) is 0 Å². The summed E-state index contributed by atoms with van der Waals surface area (Å²) in [5, 5.41) is 0. The van der Waals surface area contributed by atoms with Crippen molar-refractivity contribution in [2.45, 2.75) is 19.1 Å². The Morgan fingerprint density at radius 2 is 1.90 bits per heavy atom. The van der Waals surface area contributed by atoms with Crippen molar-refractivity contribution >= 4 is 23.0 Å². The highest BCUT2D eigenvalue weighted by Crippen LogP contribution is 2.31. The first-order chi connectivity index (χ1) is 10.1. The third kappa shape index (κ3) is 3.28. The van der Waals surface area contributed by atoms with E-state index in [9.17, 15) is 8.76 Å². The van der Waals surface area contributed by atoms with Crippen molar-refractivity contribution in [3.05, 3.63) is 53.6 Å². The van der Waals surface area contributed by atoms with E-state index in [4.69, 9.17) is 0 Å². The molecule has 0 radical (unpaired) electrons. The van der Waals surface area contributed by atoms with Gasteiger partial charge in [0.05, 0.1) is 5.69 Å². The molecule has 2 aromatic rings. The molecule has 1 aliphatic heterocycles. The van der Waals surface area contributed by atoms with Crippen LogP contribution in [0.4, 0.5) is 5.69 Å². The molecule has 3 nitrogen and oxygen atoms in total. The first-order valence-electron chi connectivity index (χ1n) is 6.94. The third-order valence-electron chi connectivity index (χ3n) is 3.67. The van der Waals surface area contributed by atoms with Gasteiger partial charge >= 0.3 is 0 Å². The highest BCUT2D eigenvalue weighted by atomic mass is 32.2. The van der Waals surface area contributed by atoms with Crippen LogP contribution in [0.25, 0.3) is 11.1 Å². The molecule has 2 aromatic carbocycles. The summed E-state index contributed by atoms with van der Waals surface area (Å²) in [5.74, 6) is 0.558. The van der Waals surface area contributed by atoms with E-state index in [1.807, 2.05) is 30.5 Å². The maximum Gasteiger partial charge on any atom is 0.0664 e. The number of hydrogen-bond acceptors (Lipinski definition) is 3. The maximum atomic E-state index is 10.7. The molecule has 0 fully saturated rings. The molecule has 0 saturated carbocycles. The smallest absolute Gasteiger partial charge is 0.0664 e. The molecule has 2 atom stereocenters. The second kappa shape index (κ2) is 5.92. The van der Waals surface area contributed by atoms with Gasteiger partial charge in [-0.25, -0.2) is 0 Å². The molecule has 2 unspecified atom stereocenters. The average Bonchev–Trinajstić information content (AvgIpc) is 2.47. The predicted octanol–water partition coefficient (Wildman–Crippen LogP) is 3.63. The number of hydrogen-bond donors (Lipinski definition) is 0. The second-order valence-corrected chi connectivity index (χ2v) is 6.34. The van der Waals surface area contributed by atoms with Gasteiger partial charge in [0, 0.05) is 12.0 Å². The molecule has 0 aromatic heterocycles. The molecule has 0 spiro atoms. The van der Waals surface area contributed by atoms with Gasteiger partial charge in [0.15, 0.2) is 0 Å². The SMILES string of the molecule is CC1C=Nc2cc(-c3ccc(CS(=O)[O-])cc3)ccc2C1. The largest absolute Gasteiger partial charge is 0.772 e. The maximum absolute atomic E-state index is 10.7. The standard InChI is InChI=1S/C17H17NO2S/c1-12-8-16-7-6-15(9-17(16)18-10-12)14-4-2-13(3-5-14)11-21(19)20/h2-7,9-10,12H,8,11H2,1H3,(H,19,20)/p-1. The average molecular weight is 298 g/mol. The Morgan fingerprint density at radius 3 is 2.62 bits per heavy atom. The molecule has 0 aliphatic carbocycles. The van der Waals surface area contributed by atoms with Crippen LogP contribution in [0.15, 0.2) is 47.5 Å². The number of benzene rings is 2. The molecular weight excluding hydrogens is 282 g/mol. The van der Waals surface area contributed by atoms with Gasteiger partial charge in [-0.3, -0.25) is 9.20 Å². The quantitative estimate of drug-likeness (QED) is 0.812. The lowest BCUT2D eigenvalue weighted by Gasteiger charge is -2.16. The first kappa shape index (κ1) is 14.2. The lowest BCUT2D eigenvalue weighted by atomic mass is 9.94. The molecule has 1 heterocycles. The number of rotatable bonds is 3. The molecule has 108 valence electrons. The van der Waals surface area contributed by atoms with Gasteiger partial charge < -0.3 is 4.55 Å². The van der Waals surface area contributed by atoms with Crippen LogP contribution in [0.1, 0.15) is 18.1 Å². The molecule has 3 rings (SSSR count). The molecule has 0 amide bonds. The van der Waals surface area contributed by atoms with Gasteiger partial charge in [-0.2, -0.15) is 0 Å². The first-order valence-corrected chi connectivity index (χ1v) is 8.18. The summed E-state index contributed by atoms with van der Waals surface area (Å²) >= 11 is -2.04. The minimum atomic E-state index is -2.04. The Hall–Kier alpha value is -1.78. The van der Waals surface area contributed by atoms with E-state index in [1.165, 1.54) is 5.56 Å². The molecule has 1 aliphatic rings. The highest BCUT2D eigenvalue weighted by molar-refractivity contribution is 7.78. The van der Waals surface area contributed by atoms with Crippen LogP contribution in [0.3, 0.4) is 0 Å². The molecule has 0 N–H and O–H groups in total. The normalized spacial score (nSPS) is 18.3. The molecular formula is C17H16NO2S-. The van der Waals surface area contributed by atoms with Crippen molar-refractivity contribution in [1.29, 1.82) is 0 Å². The van der Waals surface area contributed by atoms with Crippen molar-refractivity contribution < 1.29 is 8.76 Å². The van der Waals surface area contributed by atoms with Crippen LogP contribution in [0.2, 0.25) is 0 Å². The second-order valence-electron chi connectivity index (χ2n) is 5.45. The van der Waals surface area contributed by atoms with Gasteiger partial charge in [-0.1, -0.05) is 54.4 Å². The van der Waals surface area contributed by atoms with Gasteiger partial charge in [-0.05, 0) is 40.7 Å². The summed E-state index contributed by atoms with van der Waals surface area (Å²) in [6, 6.07) is 14.0. The minimum Gasteiger partial charge on any atom is -0.772 e. The number of aliphatic imine (C=N–C) groups is 1. The van der Waals surface area contributed by atoms with Crippen LogP contribution in [0, 0.1) is 5.92 Å². The van der Waals surface area contributed by atoms with Crippen molar-refractivity contribution in [2.24, 2.45) is 10.9 Å². The molecule has 0 bridgehead atoms. The van der Waals surface area contributed by atoms with Crippen LogP contribution in [0.5, 0.6) is 0 Å². The van der Waals surface area contributed by atoms with E-state index in [0.29, 0.717) is 5.92 Å². The van der Waals surface area contributed by atoms with Crippen molar-refractivity contribution in [3.63, 3.8) is 0 Å². The predicted molar refractivity (Wildman–Crippen MR) is 85.5 cm³/mol. The minimum absolute atomic E-state index is 0.0622.